The fourth-order valence-corrected chi connectivity index (χ4v) is 2.32. The predicted molar refractivity (Wildman–Crippen MR) is 73.0 cm³/mol. The lowest BCUT2D eigenvalue weighted by Gasteiger charge is -2.22. The van der Waals surface area contributed by atoms with Crippen molar-refractivity contribution in [3.8, 4) is 0 Å². The summed E-state index contributed by atoms with van der Waals surface area (Å²) >= 11 is 0. The molecule has 2 N–H and O–H groups in total. The molecule has 1 aliphatic rings. The monoisotopic (exact) mass is 263 g/mol. The lowest BCUT2D eigenvalue weighted by molar-refractivity contribution is -0.136. The van der Waals surface area contributed by atoms with Crippen LogP contribution in [0.4, 0.5) is 0 Å². The smallest absolute Gasteiger partial charge is 0.307 e. The summed E-state index contributed by atoms with van der Waals surface area (Å²) in [6.45, 7) is 3.64. The van der Waals surface area contributed by atoms with Crippen LogP contribution >= 0.6 is 0 Å². The molecule has 1 aliphatic heterocycles. The predicted octanol–water partition coefficient (Wildman–Crippen LogP) is 1.83. The molecule has 0 spiro atoms. The molecule has 0 saturated carbocycles. The number of hydrogen-bond acceptors (Lipinski definition) is 3. The van der Waals surface area contributed by atoms with E-state index in [0.29, 0.717) is 0 Å². The molecular weight excluding hydrogens is 242 g/mol. The molecule has 1 heterocycles. The number of aliphatic carboxylic acids is 1. The Morgan fingerprint density at radius 3 is 2.47 bits per heavy atom. The average molecular weight is 263 g/mol. The standard InChI is InChI=1S/C15H21NO3/c17-15(18)9-12-1-3-13(4-2-12)10-16-11-14-5-7-19-8-6-14/h1-4,14,16H,5-11H2,(H,17,18). The van der Waals surface area contributed by atoms with Gasteiger partial charge in [0.05, 0.1) is 6.42 Å². The highest BCUT2D eigenvalue weighted by Gasteiger charge is 2.12. The normalized spacial score (nSPS) is 16.4. The lowest BCUT2D eigenvalue weighted by atomic mass is 10.0. The fraction of sp³-hybridized carbons (Fsp3) is 0.533. The first kappa shape index (κ1) is 14.0. The first-order chi connectivity index (χ1) is 9.24. The third-order valence-electron chi connectivity index (χ3n) is 3.48. The Hall–Kier alpha value is -1.39. The third kappa shape index (κ3) is 5.01. The van der Waals surface area contributed by atoms with E-state index in [1.54, 1.807) is 0 Å². The number of carbonyl (C=O) groups is 1. The molecule has 1 fully saturated rings. The van der Waals surface area contributed by atoms with Gasteiger partial charge in [-0.25, -0.2) is 0 Å². The maximum Gasteiger partial charge on any atom is 0.307 e. The largest absolute Gasteiger partial charge is 0.481 e. The van der Waals surface area contributed by atoms with Crippen LogP contribution in [0.1, 0.15) is 24.0 Å². The van der Waals surface area contributed by atoms with Crippen molar-refractivity contribution in [2.45, 2.75) is 25.8 Å². The number of carboxylic acid groups (broad SMARTS) is 1. The number of benzene rings is 1. The highest BCUT2D eigenvalue weighted by molar-refractivity contribution is 5.70. The van der Waals surface area contributed by atoms with Gasteiger partial charge in [-0.1, -0.05) is 24.3 Å². The summed E-state index contributed by atoms with van der Waals surface area (Å²) in [6.07, 6.45) is 2.38. The van der Waals surface area contributed by atoms with E-state index >= 15 is 0 Å². The molecule has 0 aromatic heterocycles. The molecule has 0 unspecified atom stereocenters. The molecule has 2 rings (SSSR count). The Kier molecular flexibility index (Phi) is 5.36. The van der Waals surface area contributed by atoms with E-state index in [1.165, 1.54) is 5.56 Å². The second-order valence-electron chi connectivity index (χ2n) is 5.07. The molecule has 0 bridgehead atoms. The third-order valence-corrected chi connectivity index (χ3v) is 3.48. The van der Waals surface area contributed by atoms with Crippen molar-refractivity contribution in [1.29, 1.82) is 0 Å². The lowest BCUT2D eigenvalue weighted by Crippen LogP contribution is -2.27. The van der Waals surface area contributed by atoms with Gasteiger partial charge in [-0.05, 0) is 36.4 Å². The minimum Gasteiger partial charge on any atom is -0.481 e. The van der Waals surface area contributed by atoms with Crippen LogP contribution in [-0.4, -0.2) is 30.8 Å². The van der Waals surface area contributed by atoms with Gasteiger partial charge >= 0.3 is 5.97 Å². The summed E-state index contributed by atoms with van der Waals surface area (Å²) in [4.78, 5) is 10.6. The van der Waals surface area contributed by atoms with E-state index in [0.717, 1.165) is 50.6 Å². The van der Waals surface area contributed by atoms with Gasteiger partial charge in [0.1, 0.15) is 0 Å². The summed E-state index contributed by atoms with van der Waals surface area (Å²) in [5, 5.41) is 12.2. The van der Waals surface area contributed by atoms with Gasteiger partial charge in [-0.3, -0.25) is 4.79 Å². The van der Waals surface area contributed by atoms with Gasteiger partial charge in [-0.2, -0.15) is 0 Å². The van der Waals surface area contributed by atoms with Crippen molar-refractivity contribution in [2.75, 3.05) is 19.8 Å². The van der Waals surface area contributed by atoms with Gasteiger partial charge in [0, 0.05) is 19.8 Å². The molecular formula is C15H21NO3. The number of carboxylic acids is 1. The number of rotatable bonds is 6. The summed E-state index contributed by atoms with van der Waals surface area (Å²) in [6, 6.07) is 7.77. The first-order valence-corrected chi connectivity index (χ1v) is 6.82. The minimum atomic E-state index is -0.787. The van der Waals surface area contributed by atoms with Crippen molar-refractivity contribution < 1.29 is 14.6 Å². The SMILES string of the molecule is O=C(O)Cc1ccc(CNCC2CCOCC2)cc1. The summed E-state index contributed by atoms with van der Waals surface area (Å²) in [5.41, 5.74) is 2.04. The molecule has 1 aromatic rings. The maximum atomic E-state index is 10.6. The second kappa shape index (κ2) is 7.26. The zero-order valence-electron chi connectivity index (χ0n) is 11.1. The van der Waals surface area contributed by atoms with Crippen LogP contribution in [0.2, 0.25) is 0 Å². The van der Waals surface area contributed by atoms with E-state index in [2.05, 4.69) is 5.32 Å². The molecule has 0 amide bonds. The highest BCUT2D eigenvalue weighted by Crippen LogP contribution is 2.13. The zero-order valence-corrected chi connectivity index (χ0v) is 11.1. The Morgan fingerprint density at radius 2 is 1.84 bits per heavy atom. The topological polar surface area (TPSA) is 58.6 Å². The van der Waals surface area contributed by atoms with Crippen molar-refractivity contribution >= 4 is 5.97 Å². The Balaban J connectivity index is 1.71. The van der Waals surface area contributed by atoms with Crippen molar-refractivity contribution in [2.24, 2.45) is 5.92 Å². The van der Waals surface area contributed by atoms with Crippen molar-refractivity contribution in [3.63, 3.8) is 0 Å². The van der Waals surface area contributed by atoms with E-state index < -0.39 is 5.97 Å². The molecule has 19 heavy (non-hydrogen) atoms. The molecule has 0 aliphatic carbocycles. The Morgan fingerprint density at radius 1 is 1.21 bits per heavy atom. The summed E-state index contributed by atoms with van der Waals surface area (Å²) in [5.74, 6) is -0.0644. The Bertz CT molecular complexity index is 396. The Labute approximate surface area is 113 Å². The molecule has 0 radical (unpaired) electrons. The van der Waals surface area contributed by atoms with Crippen LogP contribution in [-0.2, 0) is 22.5 Å². The second-order valence-corrected chi connectivity index (χ2v) is 5.07. The molecule has 4 nitrogen and oxygen atoms in total. The van der Waals surface area contributed by atoms with Gasteiger partial charge in [0.25, 0.3) is 0 Å². The van der Waals surface area contributed by atoms with Gasteiger partial charge < -0.3 is 15.2 Å². The summed E-state index contributed by atoms with van der Waals surface area (Å²) < 4.78 is 5.33. The number of nitrogens with one attached hydrogen (secondary N) is 1. The van der Waals surface area contributed by atoms with Crippen LogP contribution in [0.3, 0.4) is 0 Å². The molecule has 4 heteroatoms. The maximum absolute atomic E-state index is 10.6. The van der Waals surface area contributed by atoms with E-state index in [4.69, 9.17) is 9.84 Å². The van der Waals surface area contributed by atoms with Crippen LogP contribution in [0, 0.1) is 5.92 Å². The van der Waals surface area contributed by atoms with Crippen LogP contribution in [0.15, 0.2) is 24.3 Å². The first-order valence-electron chi connectivity index (χ1n) is 6.82. The summed E-state index contributed by atoms with van der Waals surface area (Å²) in [7, 11) is 0. The van der Waals surface area contributed by atoms with E-state index in [9.17, 15) is 4.79 Å². The van der Waals surface area contributed by atoms with Gasteiger partial charge in [0.15, 0.2) is 0 Å². The van der Waals surface area contributed by atoms with Crippen LogP contribution in [0.25, 0.3) is 0 Å². The van der Waals surface area contributed by atoms with Gasteiger partial charge in [0.2, 0.25) is 0 Å². The molecule has 104 valence electrons. The van der Waals surface area contributed by atoms with Crippen LogP contribution in [0.5, 0.6) is 0 Å². The molecule has 0 atom stereocenters. The molecule has 1 saturated heterocycles. The number of hydrogen-bond donors (Lipinski definition) is 2. The van der Waals surface area contributed by atoms with E-state index in [1.807, 2.05) is 24.3 Å². The fourth-order valence-electron chi connectivity index (χ4n) is 2.32. The number of ether oxygens (including phenoxy) is 1. The quantitative estimate of drug-likeness (QED) is 0.822. The van der Waals surface area contributed by atoms with Gasteiger partial charge in [-0.15, -0.1) is 0 Å². The zero-order chi connectivity index (χ0) is 13.5. The van der Waals surface area contributed by atoms with Crippen molar-refractivity contribution in [3.05, 3.63) is 35.4 Å². The van der Waals surface area contributed by atoms with Crippen molar-refractivity contribution in [1.82, 2.24) is 5.32 Å². The van der Waals surface area contributed by atoms with E-state index in [-0.39, 0.29) is 6.42 Å². The minimum absolute atomic E-state index is 0.0930. The molecule has 1 aromatic carbocycles. The van der Waals surface area contributed by atoms with Crippen LogP contribution < -0.4 is 5.32 Å². The average Bonchev–Trinajstić information content (AvgIpc) is 2.41. The highest BCUT2D eigenvalue weighted by atomic mass is 16.5.